The van der Waals surface area contributed by atoms with E-state index in [0.29, 0.717) is 18.8 Å². The number of aromatic nitrogens is 1. The molecule has 4 heterocycles. The van der Waals surface area contributed by atoms with Crippen LogP contribution in [0.1, 0.15) is 75.5 Å². The van der Waals surface area contributed by atoms with E-state index in [1.54, 1.807) is 37.1 Å². The normalized spacial score (nSPS) is 17.1. The molecule has 3 saturated heterocycles. The van der Waals surface area contributed by atoms with Crippen LogP contribution in [0.5, 0.6) is 0 Å². The van der Waals surface area contributed by atoms with Crippen LogP contribution < -0.4 is 21.4 Å². The van der Waals surface area contributed by atoms with E-state index in [1.165, 1.54) is 81.3 Å². The fourth-order valence-corrected chi connectivity index (χ4v) is 4.36. The number of hydrogen-bond acceptors (Lipinski definition) is 6. The molecule has 5 rings (SSSR count). The molecule has 1 aromatic carbocycles. The van der Waals surface area contributed by atoms with Crippen molar-refractivity contribution in [3.63, 3.8) is 0 Å². The minimum atomic E-state index is -4.21. The van der Waals surface area contributed by atoms with E-state index in [4.69, 9.17) is 10.8 Å². The second-order valence-corrected chi connectivity index (χ2v) is 10.9. The predicted molar refractivity (Wildman–Crippen MR) is 168 cm³/mol. The van der Waals surface area contributed by atoms with Gasteiger partial charge in [0.05, 0.1) is 5.56 Å². The van der Waals surface area contributed by atoms with E-state index in [-0.39, 0.29) is 5.49 Å². The summed E-state index contributed by atoms with van der Waals surface area (Å²) in [6, 6.07) is 9.24. The van der Waals surface area contributed by atoms with Gasteiger partial charge in [0.2, 0.25) is 12.8 Å². The summed E-state index contributed by atoms with van der Waals surface area (Å²) >= 11 is 0. The molecule has 2 amide bonds. The number of halogens is 3. The number of rotatable bonds is 4. The fraction of sp³-hybridized carbons (Fsp3) is 0.562. The molecule has 0 spiro atoms. The van der Waals surface area contributed by atoms with Crippen LogP contribution in [0.15, 0.2) is 42.6 Å². The van der Waals surface area contributed by atoms with Crippen LogP contribution in [0.4, 0.5) is 13.2 Å². The number of carbonyl (C=O) groups is 2. The molecule has 0 radical (unpaired) electrons. The summed E-state index contributed by atoms with van der Waals surface area (Å²) in [4.78, 5) is 21.8. The van der Waals surface area contributed by atoms with Gasteiger partial charge in [-0.25, -0.2) is 0 Å². The highest BCUT2D eigenvalue weighted by atomic mass is 19.4. The van der Waals surface area contributed by atoms with Gasteiger partial charge in [0.1, 0.15) is 11.3 Å². The lowest BCUT2D eigenvalue weighted by Crippen LogP contribution is -2.24. The highest BCUT2D eigenvalue weighted by Gasteiger charge is 2.29. The van der Waals surface area contributed by atoms with Crippen molar-refractivity contribution in [2.45, 2.75) is 84.5 Å². The first-order chi connectivity index (χ1) is 21.0. The van der Waals surface area contributed by atoms with Gasteiger partial charge >= 0.3 is 6.18 Å². The third-order valence-electron chi connectivity index (χ3n) is 6.95. The Bertz CT molecular complexity index is 1130. The molecule has 2 aromatic rings. The van der Waals surface area contributed by atoms with Gasteiger partial charge in [-0.15, -0.1) is 0 Å². The number of hydrogen-bond donors (Lipinski definition) is 5. The van der Waals surface area contributed by atoms with Crippen molar-refractivity contribution in [2.24, 2.45) is 0 Å². The fourth-order valence-electron chi connectivity index (χ4n) is 4.36. The number of carbonyl (C=O) groups excluding carboxylic acids is 2. The van der Waals surface area contributed by atoms with E-state index in [2.05, 4.69) is 22.9 Å². The van der Waals surface area contributed by atoms with Crippen molar-refractivity contribution in [1.82, 2.24) is 25.4 Å². The van der Waals surface area contributed by atoms with Crippen molar-refractivity contribution in [2.75, 3.05) is 32.7 Å². The third kappa shape index (κ3) is 17.6. The van der Waals surface area contributed by atoms with Crippen LogP contribution in [0.2, 0.25) is 0 Å². The van der Waals surface area contributed by atoms with Crippen molar-refractivity contribution in [1.29, 1.82) is 10.8 Å². The van der Waals surface area contributed by atoms with E-state index < -0.39 is 11.7 Å². The molecular weight excluding hydrogens is 571 g/mol. The minimum Gasteiger partial charge on any atom is -0.355 e. The number of nitrogens with one attached hydrogen (secondary N) is 5. The van der Waals surface area contributed by atoms with Gasteiger partial charge in [0, 0.05) is 31.9 Å². The van der Waals surface area contributed by atoms with Crippen molar-refractivity contribution in [3.05, 3.63) is 64.8 Å². The van der Waals surface area contributed by atoms with E-state index in [0.717, 1.165) is 48.8 Å². The summed E-state index contributed by atoms with van der Waals surface area (Å²) in [5, 5.41) is 24.1. The first-order valence-electron chi connectivity index (χ1n) is 15.2. The largest absolute Gasteiger partial charge is 0.416 e. The Morgan fingerprint density at radius 2 is 1.64 bits per heavy atom. The first kappa shape index (κ1) is 38.5. The minimum absolute atomic E-state index is 0.239. The molecule has 5 N–H and O–H groups in total. The number of likely N-dealkylation sites (tertiary alicyclic amines) is 1. The smallest absolute Gasteiger partial charge is 0.355 e. The Hall–Kier alpha value is -3.51. The maximum Gasteiger partial charge on any atom is 0.416 e. The number of alkyl halides is 3. The average molecular weight is 622 g/mol. The van der Waals surface area contributed by atoms with Crippen LogP contribution in [0, 0.1) is 17.7 Å². The maximum absolute atomic E-state index is 11.9. The summed E-state index contributed by atoms with van der Waals surface area (Å²) in [6.07, 6.45) is 8.32. The molecule has 1 aromatic heterocycles. The molecule has 44 heavy (non-hydrogen) atoms. The molecule has 3 aliphatic rings. The van der Waals surface area contributed by atoms with Gasteiger partial charge in [-0.1, -0.05) is 24.1 Å². The SMILES string of the molecule is C1CCNCC1.CC(=N)n1ccc(CNC=O)cc1=N.CC1CCCN1.Cc1ccc(C(F)(F)F)cc1.O=CN1CCCC1. The van der Waals surface area contributed by atoms with Gasteiger partial charge in [-0.2, -0.15) is 13.2 Å². The monoisotopic (exact) mass is 621 g/mol. The second-order valence-electron chi connectivity index (χ2n) is 10.9. The summed E-state index contributed by atoms with van der Waals surface area (Å²) < 4.78 is 37.2. The van der Waals surface area contributed by atoms with Gasteiger partial charge in [0.15, 0.2) is 0 Å². The highest BCUT2D eigenvalue weighted by molar-refractivity contribution is 5.78. The van der Waals surface area contributed by atoms with Crippen LogP contribution >= 0.6 is 0 Å². The molecule has 246 valence electrons. The third-order valence-corrected chi connectivity index (χ3v) is 6.95. The van der Waals surface area contributed by atoms with Crippen LogP contribution in [-0.4, -0.2) is 66.9 Å². The number of pyridine rings is 1. The van der Waals surface area contributed by atoms with E-state index in [1.807, 2.05) is 0 Å². The van der Waals surface area contributed by atoms with Crippen LogP contribution in [0.25, 0.3) is 0 Å². The molecule has 0 saturated carbocycles. The van der Waals surface area contributed by atoms with Crippen molar-refractivity contribution >= 4 is 18.7 Å². The molecular formula is C32H50F3N7O2. The Morgan fingerprint density at radius 3 is 1.98 bits per heavy atom. The number of benzene rings is 1. The number of nitrogens with zero attached hydrogens (tertiary/aromatic N) is 2. The maximum atomic E-state index is 11.9. The van der Waals surface area contributed by atoms with E-state index in [9.17, 15) is 22.8 Å². The van der Waals surface area contributed by atoms with Gasteiger partial charge in [-0.3, -0.25) is 25.0 Å². The topological polar surface area (TPSA) is 126 Å². The Balaban J connectivity index is 0.000000287. The molecule has 3 fully saturated rings. The van der Waals surface area contributed by atoms with Crippen LogP contribution in [-0.2, 0) is 22.3 Å². The average Bonchev–Trinajstić information content (AvgIpc) is 3.72. The summed E-state index contributed by atoms with van der Waals surface area (Å²) in [7, 11) is 0. The van der Waals surface area contributed by atoms with E-state index >= 15 is 0 Å². The van der Waals surface area contributed by atoms with Crippen molar-refractivity contribution in [3.8, 4) is 0 Å². The molecule has 9 nitrogen and oxygen atoms in total. The van der Waals surface area contributed by atoms with Gasteiger partial charge in [-0.05, 0) is 109 Å². The Labute approximate surface area is 259 Å². The number of piperidine rings is 1. The molecule has 12 heteroatoms. The van der Waals surface area contributed by atoms with Crippen molar-refractivity contribution < 1.29 is 22.8 Å². The Kier molecular flexibility index (Phi) is 19.3. The number of aryl methyl sites for hydroxylation is 1. The second kappa shape index (κ2) is 22.1. The van der Waals surface area contributed by atoms with Gasteiger partial charge < -0.3 is 20.9 Å². The quantitative estimate of drug-likeness (QED) is 0.191. The standard InChI is InChI=1S/C9H12N4O.C8H7F3.C5H9NO.2C5H11N/c1-7(10)13-3-2-8(4-9(13)11)5-12-6-14;1-6-2-4-7(5-3-6)8(9,10)11;7-5-6-3-1-2-4-6;1-5-3-2-4-6-5;1-2-4-6-5-3-1/h2-4,6,10-11H,5H2,1H3,(H,12,14);2-5H,1H3;5H,1-4H2;5-6H,2-4H2,1H3;6H,1-5H2. The lowest BCUT2D eigenvalue weighted by atomic mass is 10.1. The summed E-state index contributed by atoms with van der Waals surface area (Å²) in [6.45, 7) is 11.7. The predicted octanol–water partition coefficient (Wildman–Crippen LogP) is 4.83. The number of amides is 2. The molecule has 0 bridgehead atoms. The zero-order valence-corrected chi connectivity index (χ0v) is 26.3. The lowest BCUT2D eigenvalue weighted by molar-refractivity contribution is -0.137. The summed E-state index contributed by atoms with van der Waals surface area (Å²) in [5.41, 5.74) is 1.32. The molecule has 0 aliphatic carbocycles. The lowest BCUT2D eigenvalue weighted by Gasteiger charge is -2.08. The Morgan fingerprint density at radius 1 is 1.00 bits per heavy atom. The highest BCUT2D eigenvalue weighted by Crippen LogP contribution is 2.28. The van der Waals surface area contributed by atoms with Gasteiger partial charge in [0.25, 0.3) is 0 Å². The zero-order valence-electron chi connectivity index (χ0n) is 26.3. The first-order valence-corrected chi connectivity index (χ1v) is 15.2. The molecule has 3 aliphatic heterocycles. The molecule has 1 unspecified atom stereocenters. The van der Waals surface area contributed by atoms with Crippen LogP contribution in [0.3, 0.4) is 0 Å². The summed E-state index contributed by atoms with van der Waals surface area (Å²) in [5.74, 6) is 0.296. The zero-order chi connectivity index (χ0) is 32.8. The molecule has 1 atom stereocenters.